The molecule has 3 nitrogen and oxygen atoms in total. The number of hydrogen-bond donors (Lipinski definition) is 1. The van der Waals surface area contributed by atoms with Crippen molar-refractivity contribution in [1.29, 1.82) is 0 Å². The van der Waals surface area contributed by atoms with Gasteiger partial charge in [-0.2, -0.15) is 0 Å². The third-order valence-electron chi connectivity index (χ3n) is 1.65. The Bertz CT molecular complexity index is 409. The van der Waals surface area contributed by atoms with E-state index in [0.717, 1.165) is 15.5 Å². The molecular formula is C10H13N3S. The van der Waals surface area contributed by atoms with Gasteiger partial charge in [0.05, 0.1) is 0 Å². The van der Waals surface area contributed by atoms with E-state index in [1.807, 2.05) is 12.1 Å². The van der Waals surface area contributed by atoms with Gasteiger partial charge in [0.15, 0.2) is 5.13 Å². The zero-order valence-electron chi connectivity index (χ0n) is 8.53. The number of rotatable bonds is 1. The minimum atomic E-state index is 0.0495. The highest BCUT2D eigenvalue weighted by atomic mass is 32.1. The third-order valence-corrected chi connectivity index (χ3v) is 2.54. The van der Waals surface area contributed by atoms with E-state index in [-0.39, 0.29) is 5.54 Å². The van der Waals surface area contributed by atoms with Crippen molar-refractivity contribution in [2.45, 2.75) is 26.3 Å². The summed E-state index contributed by atoms with van der Waals surface area (Å²) in [5.41, 5.74) is 1.01. The SMILES string of the molecule is CC(C)(C)Nc1nc2cccnc2s1. The first-order valence-corrected chi connectivity index (χ1v) is 5.36. The van der Waals surface area contributed by atoms with Gasteiger partial charge in [-0.05, 0) is 32.9 Å². The molecule has 0 radical (unpaired) electrons. The Morgan fingerprint density at radius 2 is 2.14 bits per heavy atom. The topological polar surface area (TPSA) is 37.8 Å². The number of nitrogens with one attached hydrogen (secondary N) is 1. The molecular weight excluding hydrogens is 194 g/mol. The van der Waals surface area contributed by atoms with Crippen molar-refractivity contribution in [2.75, 3.05) is 5.32 Å². The Labute approximate surface area is 87.2 Å². The van der Waals surface area contributed by atoms with E-state index in [4.69, 9.17) is 0 Å². The smallest absolute Gasteiger partial charge is 0.185 e. The summed E-state index contributed by atoms with van der Waals surface area (Å²) in [5, 5.41) is 4.27. The first-order valence-electron chi connectivity index (χ1n) is 4.54. The van der Waals surface area contributed by atoms with Crippen molar-refractivity contribution in [3.63, 3.8) is 0 Å². The molecule has 0 fully saturated rings. The van der Waals surface area contributed by atoms with Crippen LogP contribution in [0.5, 0.6) is 0 Å². The van der Waals surface area contributed by atoms with Crippen molar-refractivity contribution in [3.8, 4) is 0 Å². The van der Waals surface area contributed by atoms with Crippen LogP contribution < -0.4 is 5.32 Å². The molecule has 2 heterocycles. The van der Waals surface area contributed by atoms with Gasteiger partial charge in [-0.25, -0.2) is 9.97 Å². The van der Waals surface area contributed by atoms with Crippen molar-refractivity contribution in [2.24, 2.45) is 0 Å². The van der Waals surface area contributed by atoms with Gasteiger partial charge in [0.25, 0.3) is 0 Å². The number of thiazole rings is 1. The second-order valence-corrected chi connectivity index (χ2v) is 5.20. The van der Waals surface area contributed by atoms with E-state index in [0.29, 0.717) is 0 Å². The molecule has 0 aliphatic heterocycles. The molecule has 4 heteroatoms. The summed E-state index contributed by atoms with van der Waals surface area (Å²) in [6, 6.07) is 3.88. The quantitative estimate of drug-likeness (QED) is 0.781. The van der Waals surface area contributed by atoms with E-state index in [1.54, 1.807) is 17.5 Å². The number of nitrogens with zero attached hydrogens (tertiary/aromatic N) is 2. The number of pyridine rings is 1. The van der Waals surface area contributed by atoms with Crippen LogP contribution in [-0.4, -0.2) is 15.5 Å². The number of aromatic nitrogens is 2. The van der Waals surface area contributed by atoms with Gasteiger partial charge in [0, 0.05) is 11.7 Å². The van der Waals surface area contributed by atoms with Gasteiger partial charge in [-0.1, -0.05) is 11.3 Å². The summed E-state index contributed by atoms with van der Waals surface area (Å²) >= 11 is 1.59. The molecule has 0 aliphatic rings. The van der Waals surface area contributed by atoms with Crippen LogP contribution in [0.2, 0.25) is 0 Å². The fraction of sp³-hybridized carbons (Fsp3) is 0.400. The lowest BCUT2D eigenvalue weighted by Crippen LogP contribution is -2.25. The van der Waals surface area contributed by atoms with Gasteiger partial charge in [-0.3, -0.25) is 0 Å². The zero-order chi connectivity index (χ0) is 10.2. The molecule has 74 valence electrons. The first kappa shape index (κ1) is 9.40. The Morgan fingerprint density at radius 1 is 1.36 bits per heavy atom. The molecule has 0 atom stereocenters. The summed E-state index contributed by atoms with van der Waals surface area (Å²) in [4.78, 5) is 9.68. The maximum Gasteiger partial charge on any atom is 0.185 e. The van der Waals surface area contributed by atoms with Crippen LogP contribution in [0.25, 0.3) is 10.3 Å². The normalized spacial score (nSPS) is 11.9. The lowest BCUT2D eigenvalue weighted by molar-refractivity contribution is 0.633. The molecule has 2 aromatic rings. The summed E-state index contributed by atoms with van der Waals surface area (Å²) in [6.45, 7) is 6.35. The Hall–Kier alpha value is -1.16. The molecule has 0 aliphatic carbocycles. The average molecular weight is 207 g/mol. The van der Waals surface area contributed by atoms with Gasteiger partial charge in [0.2, 0.25) is 0 Å². The van der Waals surface area contributed by atoms with Crippen LogP contribution in [0.4, 0.5) is 5.13 Å². The highest BCUT2D eigenvalue weighted by Gasteiger charge is 2.12. The van der Waals surface area contributed by atoms with Crippen LogP contribution in [0, 0.1) is 0 Å². The van der Waals surface area contributed by atoms with E-state index in [2.05, 4.69) is 36.1 Å². The molecule has 0 saturated carbocycles. The van der Waals surface area contributed by atoms with Gasteiger partial charge < -0.3 is 5.32 Å². The molecule has 14 heavy (non-hydrogen) atoms. The van der Waals surface area contributed by atoms with Crippen molar-refractivity contribution < 1.29 is 0 Å². The maximum absolute atomic E-state index is 4.44. The van der Waals surface area contributed by atoms with E-state index in [9.17, 15) is 0 Å². The molecule has 1 N–H and O–H groups in total. The summed E-state index contributed by atoms with van der Waals surface area (Å²) in [7, 11) is 0. The lowest BCUT2D eigenvalue weighted by Gasteiger charge is -2.19. The fourth-order valence-corrected chi connectivity index (χ4v) is 2.16. The van der Waals surface area contributed by atoms with Crippen LogP contribution in [0.3, 0.4) is 0 Å². The van der Waals surface area contributed by atoms with Gasteiger partial charge in [-0.15, -0.1) is 0 Å². The van der Waals surface area contributed by atoms with Crippen molar-refractivity contribution >= 4 is 26.8 Å². The Kier molecular flexibility index (Phi) is 2.15. The Morgan fingerprint density at radius 3 is 2.79 bits per heavy atom. The zero-order valence-corrected chi connectivity index (χ0v) is 9.35. The molecule has 0 spiro atoms. The second kappa shape index (κ2) is 3.20. The lowest BCUT2D eigenvalue weighted by atomic mass is 10.1. The highest BCUT2D eigenvalue weighted by Crippen LogP contribution is 2.25. The van der Waals surface area contributed by atoms with E-state index < -0.39 is 0 Å². The fourth-order valence-electron chi connectivity index (χ4n) is 1.14. The monoisotopic (exact) mass is 207 g/mol. The van der Waals surface area contributed by atoms with E-state index in [1.165, 1.54) is 0 Å². The molecule has 0 bridgehead atoms. The largest absolute Gasteiger partial charge is 0.357 e. The standard InChI is InChI=1S/C10H13N3S/c1-10(2,3)13-9-12-7-5-4-6-11-8(7)14-9/h4-6H,1-3H3,(H,12,13). The molecule has 0 unspecified atom stereocenters. The first-order chi connectivity index (χ1) is 6.54. The average Bonchev–Trinajstić information content (AvgIpc) is 2.42. The second-order valence-electron chi connectivity index (χ2n) is 4.22. The predicted molar refractivity (Wildman–Crippen MR) is 60.8 cm³/mol. The van der Waals surface area contributed by atoms with Crippen molar-refractivity contribution in [3.05, 3.63) is 18.3 Å². The van der Waals surface area contributed by atoms with Crippen LogP contribution in [0.1, 0.15) is 20.8 Å². The summed E-state index contributed by atoms with van der Waals surface area (Å²) in [5.74, 6) is 0. The summed E-state index contributed by atoms with van der Waals surface area (Å²) in [6.07, 6.45) is 1.79. The predicted octanol–water partition coefficient (Wildman–Crippen LogP) is 2.90. The van der Waals surface area contributed by atoms with Crippen LogP contribution >= 0.6 is 11.3 Å². The molecule has 0 aromatic carbocycles. The molecule has 0 amide bonds. The maximum atomic E-state index is 4.44. The van der Waals surface area contributed by atoms with Gasteiger partial charge >= 0.3 is 0 Å². The summed E-state index contributed by atoms with van der Waals surface area (Å²) < 4.78 is 0. The molecule has 2 aromatic heterocycles. The Balaban J connectivity index is 2.36. The number of anilines is 1. The van der Waals surface area contributed by atoms with E-state index >= 15 is 0 Å². The minimum Gasteiger partial charge on any atom is -0.357 e. The molecule has 0 saturated heterocycles. The third kappa shape index (κ3) is 2.01. The van der Waals surface area contributed by atoms with Crippen LogP contribution in [0.15, 0.2) is 18.3 Å². The number of fused-ring (bicyclic) bond motifs is 1. The number of hydrogen-bond acceptors (Lipinski definition) is 4. The van der Waals surface area contributed by atoms with Crippen LogP contribution in [-0.2, 0) is 0 Å². The highest BCUT2D eigenvalue weighted by molar-refractivity contribution is 7.21. The van der Waals surface area contributed by atoms with Gasteiger partial charge in [0.1, 0.15) is 10.3 Å². The molecule has 2 rings (SSSR count). The van der Waals surface area contributed by atoms with Crippen molar-refractivity contribution in [1.82, 2.24) is 9.97 Å². The minimum absolute atomic E-state index is 0.0495.